The van der Waals surface area contributed by atoms with Crippen LogP contribution in [0.3, 0.4) is 0 Å². The second kappa shape index (κ2) is 5.61. The van der Waals surface area contributed by atoms with Crippen molar-refractivity contribution in [3.8, 4) is 0 Å². The van der Waals surface area contributed by atoms with Crippen LogP contribution in [0.25, 0.3) is 0 Å². The number of hydrogen-bond acceptors (Lipinski definition) is 2. The minimum Gasteiger partial charge on any atom is -0.327 e. The fourth-order valence-corrected chi connectivity index (χ4v) is 1.90. The van der Waals surface area contributed by atoms with Gasteiger partial charge in [0, 0.05) is 12.1 Å². The molecular formula is C11H24N2. The van der Waals surface area contributed by atoms with E-state index < -0.39 is 0 Å². The summed E-state index contributed by atoms with van der Waals surface area (Å²) in [6.07, 6.45) is 6.54. The average molecular weight is 184 g/mol. The van der Waals surface area contributed by atoms with E-state index in [1.165, 1.54) is 38.6 Å². The summed E-state index contributed by atoms with van der Waals surface area (Å²) in [4.78, 5) is 0. The van der Waals surface area contributed by atoms with E-state index in [1.54, 1.807) is 0 Å². The van der Waals surface area contributed by atoms with Crippen LogP contribution in [0.1, 0.15) is 46.0 Å². The van der Waals surface area contributed by atoms with Crippen molar-refractivity contribution in [1.29, 1.82) is 0 Å². The maximum atomic E-state index is 6.01. The Balaban J connectivity index is 2.10. The lowest BCUT2D eigenvalue weighted by Gasteiger charge is -2.25. The molecule has 0 bridgehead atoms. The van der Waals surface area contributed by atoms with Crippen LogP contribution >= 0.6 is 0 Å². The normalized spacial score (nSPS) is 26.3. The van der Waals surface area contributed by atoms with Gasteiger partial charge >= 0.3 is 0 Å². The molecule has 0 saturated carbocycles. The lowest BCUT2D eigenvalue weighted by atomic mass is 9.94. The van der Waals surface area contributed by atoms with Crippen molar-refractivity contribution in [3.05, 3.63) is 0 Å². The molecule has 78 valence electrons. The monoisotopic (exact) mass is 184 g/mol. The van der Waals surface area contributed by atoms with Gasteiger partial charge in [0.05, 0.1) is 0 Å². The quantitative estimate of drug-likeness (QED) is 0.700. The average Bonchev–Trinajstić information content (AvgIpc) is 2.15. The summed E-state index contributed by atoms with van der Waals surface area (Å²) >= 11 is 0. The van der Waals surface area contributed by atoms with Gasteiger partial charge in [0.15, 0.2) is 0 Å². The first-order valence-electron chi connectivity index (χ1n) is 5.69. The number of nitrogens with two attached hydrogens (primary N) is 1. The summed E-state index contributed by atoms with van der Waals surface area (Å²) < 4.78 is 0. The summed E-state index contributed by atoms with van der Waals surface area (Å²) in [7, 11) is 0. The third-order valence-electron chi connectivity index (χ3n) is 3.12. The second-order valence-corrected chi connectivity index (χ2v) is 4.63. The zero-order valence-electron chi connectivity index (χ0n) is 9.05. The van der Waals surface area contributed by atoms with Crippen molar-refractivity contribution < 1.29 is 0 Å². The van der Waals surface area contributed by atoms with Gasteiger partial charge in [-0.15, -0.1) is 0 Å². The van der Waals surface area contributed by atoms with Crippen LogP contribution in [0.5, 0.6) is 0 Å². The highest BCUT2D eigenvalue weighted by molar-refractivity contribution is 4.75. The van der Waals surface area contributed by atoms with Gasteiger partial charge in [0.1, 0.15) is 0 Å². The van der Waals surface area contributed by atoms with Crippen LogP contribution < -0.4 is 11.1 Å². The molecule has 1 fully saturated rings. The van der Waals surface area contributed by atoms with Crippen LogP contribution in [-0.4, -0.2) is 18.6 Å². The van der Waals surface area contributed by atoms with E-state index in [0.717, 1.165) is 6.04 Å². The van der Waals surface area contributed by atoms with Crippen molar-refractivity contribution in [1.82, 2.24) is 5.32 Å². The van der Waals surface area contributed by atoms with Gasteiger partial charge in [-0.1, -0.05) is 20.3 Å². The highest BCUT2D eigenvalue weighted by atomic mass is 14.9. The molecule has 0 radical (unpaired) electrons. The van der Waals surface area contributed by atoms with Crippen LogP contribution in [0.2, 0.25) is 0 Å². The maximum Gasteiger partial charge on any atom is 0.00676 e. The Morgan fingerprint density at radius 3 is 2.69 bits per heavy atom. The van der Waals surface area contributed by atoms with Gasteiger partial charge in [-0.25, -0.2) is 0 Å². The molecule has 1 aliphatic heterocycles. The van der Waals surface area contributed by atoms with Crippen LogP contribution in [0.4, 0.5) is 0 Å². The fraction of sp³-hybridized carbons (Fsp3) is 1.00. The molecule has 0 aromatic heterocycles. The van der Waals surface area contributed by atoms with Gasteiger partial charge in [-0.2, -0.15) is 0 Å². The van der Waals surface area contributed by atoms with Gasteiger partial charge in [0.25, 0.3) is 0 Å². The van der Waals surface area contributed by atoms with E-state index in [-0.39, 0.29) is 0 Å². The molecule has 13 heavy (non-hydrogen) atoms. The molecule has 0 spiro atoms. The molecule has 2 heteroatoms. The third-order valence-corrected chi connectivity index (χ3v) is 3.12. The standard InChI is InChI=1S/C11H24N2/c1-9(2)11(12)7-6-10-5-3-4-8-13-10/h9-11,13H,3-8,12H2,1-2H3. The van der Waals surface area contributed by atoms with E-state index in [4.69, 9.17) is 5.73 Å². The molecule has 0 aliphatic carbocycles. The van der Waals surface area contributed by atoms with E-state index >= 15 is 0 Å². The van der Waals surface area contributed by atoms with Gasteiger partial charge in [-0.3, -0.25) is 0 Å². The predicted molar refractivity (Wildman–Crippen MR) is 57.7 cm³/mol. The Bertz CT molecular complexity index is 128. The van der Waals surface area contributed by atoms with Crippen molar-refractivity contribution >= 4 is 0 Å². The van der Waals surface area contributed by atoms with Crippen LogP contribution in [-0.2, 0) is 0 Å². The summed E-state index contributed by atoms with van der Waals surface area (Å²) in [6, 6.07) is 1.14. The van der Waals surface area contributed by atoms with Crippen molar-refractivity contribution in [2.45, 2.75) is 58.0 Å². The molecule has 2 unspecified atom stereocenters. The highest BCUT2D eigenvalue weighted by Gasteiger charge is 2.14. The minimum absolute atomic E-state index is 0.392. The van der Waals surface area contributed by atoms with Gasteiger partial charge in [-0.05, 0) is 38.1 Å². The largest absolute Gasteiger partial charge is 0.327 e. The smallest absolute Gasteiger partial charge is 0.00676 e. The predicted octanol–water partition coefficient (Wildman–Crippen LogP) is 1.89. The van der Waals surface area contributed by atoms with Crippen molar-refractivity contribution in [2.24, 2.45) is 11.7 Å². The maximum absolute atomic E-state index is 6.01. The Kier molecular flexibility index (Phi) is 4.74. The lowest BCUT2D eigenvalue weighted by Crippen LogP contribution is -2.36. The molecule has 1 rings (SSSR count). The zero-order chi connectivity index (χ0) is 9.68. The number of rotatable bonds is 4. The minimum atomic E-state index is 0.392. The molecule has 1 saturated heterocycles. The molecule has 0 aromatic rings. The molecule has 0 aromatic carbocycles. The van der Waals surface area contributed by atoms with Crippen molar-refractivity contribution in [2.75, 3.05) is 6.54 Å². The summed E-state index contributed by atoms with van der Waals surface area (Å²) in [5.74, 6) is 0.628. The van der Waals surface area contributed by atoms with Crippen LogP contribution in [0.15, 0.2) is 0 Å². The lowest BCUT2D eigenvalue weighted by molar-refractivity contribution is 0.347. The number of nitrogens with one attached hydrogen (secondary N) is 1. The molecule has 2 nitrogen and oxygen atoms in total. The molecule has 0 amide bonds. The summed E-state index contributed by atoms with van der Waals surface area (Å²) in [5, 5.41) is 3.56. The molecule has 3 N–H and O–H groups in total. The molecule has 1 aliphatic rings. The topological polar surface area (TPSA) is 38.0 Å². The Morgan fingerprint density at radius 2 is 2.15 bits per heavy atom. The Morgan fingerprint density at radius 1 is 1.38 bits per heavy atom. The summed E-state index contributed by atoms with van der Waals surface area (Å²) in [6.45, 7) is 5.62. The number of piperidine rings is 1. The Labute approximate surface area is 82.3 Å². The molecular weight excluding hydrogens is 160 g/mol. The number of hydrogen-bond donors (Lipinski definition) is 2. The second-order valence-electron chi connectivity index (χ2n) is 4.63. The molecule has 2 atom stereocenters. The molecule has 1 heterocycles. The first-order chi connectivity index (χ1) is 6.20. The van der Waals surface area contributed by atoms with E-state index in [1.807, 2.05) is 0 Å². The fourth-order valence-electron chi connectivity index (χ4n) is 1.90. The van der Waals surface area contributed by atoms with Crippen molar-refractivity contribution in [3.63, 3.8) is 0 Å². The Hall–Kier alpha value is -0.0800. The van der Waals surface area contributed by atoms with Crippen LogP contribution in [0, 0.1) is 5.92 Å². The summed E-state index contributed by atoms with van der Waals surface area (Å²) in [5.41, 5.74) is 6.01. The zero-order valence-corrected chi connectivity index (χ0v) is 9.05. The van der Waals surface area contributed by atoms with E-state index in [9.17, 15) is 0 Å². The van der Waals surface area contributed by atoms with E-state index in [2.05, 4.69) is 19.2 Å². The third kappa shape index (κ3) is 4.10. The first kappa shape index (κ1) is 11.0. The first-order valence-corrected chi connectivity index (χ1v) is 5.69. The SMILES string of the molecule is CC(C)C(N)CCC1CCCCN1. The van der Waals surface area contributed by atoms with Gasteiger partial charge in [0.2, 0.25) is 0 Å². The highest BCUT2D eigenvalue weighted by Crippen LogP contribution is 2.14. The van der Waals surface area contributed by atoms with E-state index in [0.29, 0.717) is 12.0 Å². The van der Waals surface area contributed by atoms with Gasteiger partial charge < -0.3 is 11.1 Å².